The van der Waals surface area contributed by atoms with Gasteiger partial charge in [-0.1, -0.05) is 0 Å². The Morgan fingerprint density at radius 1 is 1.56 bits per heavy atom. The average Bonchev–Trinajstić information content (AvgIpc) is 2.77. The highest BCUT2D eigenvalue weighted by Crippen LogP contribution is 2.28. The monoisotopic (exact) mass is 219 g/mol. The fourth-order valence-corrected chi connectivity index (χ4v) is 1.40. The number of aromatic carboxylic acids is 1. The van der Waals surface area contributed by atoms with Gasteiger partial charge in [0.25, 0.3) is 0 Å². The lowest BCUT2D eigenvalue weighted by atomic mass is 10.1. The predicted octanol–water partition coefficient (Wildman–Crippen LogP) is 1.18. The van der Waals surface area contributed by atoms with Gasteiger partial charge in [0.15, 0.2) is 0 Å². The summed E-state index contributed by atoms with van der Waals surface area (Å²) in [5.41, 5.74) is 1.05. The number of nitrogens with one attached hydrogen (secondary N) is 1. The van der Waals surface area contributed by atoms with Crippen molar-refractivity contribution in [1.82, 2.24) is 15.2 Å². The van der Waals surface area contributed by atoms with Crippen LogP contribution in [0.4, 0.5) is 0 Å². The molecule has 2 N–H and O–H groups in total. The summed E-state index contributed by atoms with van der Waals surface area (Å²) in [7, 11) is 1.47. The molecule has 2 aromatic heterocycles. The van der Waals surface area contributed by atoms with Crippen LogP contribution in [0.2, 0.25) is 0 Å². The van der Waals surface area contributed by atoms with E-state index >= 15 is 0 Å². The molecule has 16 heavy (non-hydrogen) atoms. The first-order chi connectivity index (χ1) is 7.74. The number of nitrogens with zero attached hydrogens (tertiary/aromatic N) is 2. The molecule has 0 spiro atoms. The lowest BCUT2D eigenvalue weighted by molar-refractivity contribution is 0.0698. The molecule has 6 nitrogen and oxygen atoms in total. The van der Waals surface area contributed by atoms with E-state index in [1.165, 1.54) is 13.3 Å². The summed E-state index contributed by atoms with van der Waals surface area (Å²) in [4.78, 5) is 14.9. The van der Waals surface area contributed by atoms with Crippen molar-refractivity contribution in [3.05, 3.63) is 30.1 Å². The van der Waals surface area contributed by atoms with Gasteiger partial charge < -0.3 is 9.84 Å². The van der Waals surface area contributed by atoms with Crippen LogP contribution in [0.1, 0.15) is 10.4 Å². The lowest BCUT2D eigenvalue weighted by Gasteiger charge is -2.05. The Balaban J connectivity index is 2.58. The molecule has 0 bridgehead atoms. The van der Waals surface area contributed by atoms with E-state index in [1.807, 2.05) is 0 Å². The van der Waals surface area contributed by atoms with Gasteiger partial charge in [-0.3, -0.25) is 5.10 Å². The second-order valence-corrected chi connectivity index (χ2v) is 3.02. The summed E-state index contributed by atoms with van der Waals surface area (Å²) >= 11 is 0. The standard InChI is InChI=1S/C10H9N3O3/c1-16-9-6(3-2-4-11-9)8-7(10(14)15)5-12-13-8/h2-5H,1H3,(H,12,13)(H,14,15). The number of carboxylic acid groups (broad SMARTS) is 1. The lowest BCUT2D eigenvalue weighted by Crippen LogP contribution is -1.98. The summed E-state index contributed by atoms with van der Waals surface area (Å²) < 4.78 is 5.05. The third-order valence-electron chi connectivity index (χ3n) is 2.10. The van der Waals surface area contributed by atoms with Crippen LogP contribution >= 0.6 is 0 Å². The maximum absolute atomic E-state index is 10.9. The normalized spacial score (nSPS) is 10.1. The largest absolute Gasteiger partial charge is 0.481 e. The zero-order valence-corrected chi connectivity index (χ0v) is 8.47. The maximum Gasteiger partial charge on any atom is 0.339 e. The summed E-state index contributed by atoms with van der Waals surface area (Å²) in [6.07, 6.45) is 2.82. The Bertz CT molecular complexity index is 522. The second kappa shape index (κ2) is 4.01. The highest BCUT2D eigenvalue weighted by Gasteiger charge is 2.17. The number of H-pyrrole nitrogens is 1. The average molecular weight is 219 g/mol. The first-order valence-corrected chi connectivity index (χ1v) is 4.50. The number of ether oxygens (including phenoxy) is 1. The molecule has 0 atom stereocenters. The van der Waals surface area contributed by atoms with E-state index in [1.54, 1.807) is 18.3 Å². The van der Waals surface area contributed by atoms with Crippen molar-refractivity contribution in [3.63, 3.8) is 0 Å². The van der Waals surface area contributed by atoms with Gasteiger partial charge in [-0.05, 0) is 12.1 Å². The molecule has 2 heterocycles. The van der Waals surface area contributed by atoms with Gasteiger partial charge in [0.1, 0.15) is 5.56 Å². The minimum absolute atomic E-state index is 0.0892. The SMILES string of the molecule is COc1ncccc1-c1[nH]ncc1C(=O)O. The van der Waals surface area contributed by atoms with Crippen LogP contribution in [0.25, 0.3) is 11.3 Å². The first-order valence-electron chi connectivity index (χ1n) is 4.50. The van der Waals surface area contributed by atoms with Gasteiger partial charge >= 0.3 is 5.97 Å². The second-order valence-electron chi connectivity index (χ2n) is 3.02. The van der Waals surface area contributed by atoms with Gasteiger partial charge in [-0.15, -0.1) is 0 Å². The quantitative estimate of drug-likeness (QED) is 0.809. The van der Waals surface area contributed by atoms with E-state index in [0.717, 1.165) is 0 Å². The molecule has 0 aliphatic rings. The van der Waals surface area contributed by atoms with Crippen molar-refractivity contribution in [2.24, 2.45) is 0 Å². The van der Waals surface area contributed by atoms with Gasteiger partial charge in [0, 0.05) is 6.20 Å². The minimum Gasteiger partial charge on any atom is -0.481 e. The molecule has 0 aromatic carbocycles. The van der Waals surface area contributed by atoms with Gasteiger partial charge in [-0.25, -0.2) is 9.78 Å². The van der Waals surface area contributed by atoms with Crippen LogP contribution in [-0.4, -0.2) is 33.4 Å². The van der Waals surface area contributed by atoms with E-state index in [4.69, 9.17) is 9.84 Å². The Labute approximate surface area is 90.9 Å². The van der Waals surface area contributed by atoms with Crippen molar-refractivity contribution in [2.75, 3.05) is 7.11 Å². The number of hydrogen-bond donors (Lipinski definition) is 2. The minimum atomic E-state index is -1.05. The molecular weight excluding hydrogens is 210 g/mol. The molecule has 0 saturated heterocycles. The summed E-state index contributed by atoms with van der Waals surface area (Å²) in [5, 5.41) is 15.3. The maximum atomic E-state index is 10.9. The van der Waals surface area contributed by atoms with Gasteiger partial charge in [0.2, 0.25) is 5.88 Å². The molecule has 2 rings (SSSR count). The first kappa shape index (κ1) is 10.2. The topological polar surface area (TPSA) is 88.1 Å². The summed E-state index contributed by atoms with van der Waals surface area (Å²) in [6, 6.07) is 3.41. The molecule has 0 fully saturated rings. The molecule has 6 heteroatoms. The number of carbonyl (C=O) groups is 1. The Kier molecular flexibility index (Phi) is 2.55. The molecule has 0 saturated carbocycles. The van der Waals surface area contributed by atoms with E-state index in [9.17, 15) is 4.79 Å². The zero-order valence-electron chi connectivity index (χ0n) is 8.47. The molecule has 82 valence electrons. The predicted molar refractivity (Wildman–Crippen MR) is 55.3 cm³/mol. The molecule has 0 amide bonds. The van der Waals surface area contributed by atoms with Crippen LogP contribution in [0.5, 0.6) is 5.88 Å². The van der Waals surface area contributed by atoms with Crippen molar-refractivity contribution in [2.45, 2.75) is 0 Å². The number of rotatable bonds is 3. The van der Waals surface area contributed by atoms with Crippen LogP contribution < -0.4 is 4.74 Å². The van der Waals surface area contributed by atoms with E-state index < -0.39 is 5.97 Å². The third-order valence-corrected chi connectivity index (χ3v) is 2.10. The van der Waals surface area contributed by atoms with E-state index in [2.05, 4.69) is 15.2 Å². The van der Waals surface area contributed by atoms with Crippen LogP contribution in [-0.2, 0) is 0 Å². The van der Waals surface area contributed by atoms with Gasteiger partial charge in [0.05, 0.1) is 24.6 Å². The molecular formula is C10H9N3O3. The Morgan fingerprint density at radius 3 is 3.06 bits per heavy atom. The number of aromatic amines is 1. The smallest absolute Gasteiger partial charge is 0.339 e. The Hall–Kier alpha value is -2.37. The molecule has 0 unspecified atom stereocenters. The van der Waals surface area contributed by atoms with Crippen LogP contribution in [0.3, 0.4) is 0 Å². The Morgan fingerprint density at radius 2 is 2.38 bits per heavy atom. The van der Waals surface area contributed by atoms with Crippen LogP contribution in [0.15, 0.2) is 24.5 Å². The third kappa shape index (κ3) is 1.60. The number of hydrogen-bond acceptors (Lipinski definition) is 4. The van der Waals surface area contributed by atoms with Crippen molar-refractivity contribution in [1.29, 1.82) is 0 Å². The number of aromatic nitrogens is 3. The van der Waals surface area contributed by atoms with Crippen LogP contribution in [0, 0.1) is 0 Å². The molecule has 0 radical (unpaired) electrons. The van der Waals surface area contributed by atoms with E-state index in [-0.39, 0.29) is 5.56 Å². The fraction of sp³-hybridized carbons (Fsp3) is 0.100. The molecule has 0 aliphatic carbocycles. The van der Waals surface area contributed by atoms with Crippen molar-refractivity contribution in [3.8, 4) is 17.1 Å². The summed E-state index contributed by atoms with van der Waals surface area (Å²) in [6.45, 7) is 0. The van der Waals surface area contributed by atoms with Crippen molar-refractivity contribution >= 4 is 5.97 Å². The van der Waals surface area contributed by atoms with Gasteiger partial charge in [-0.2, -0.15) is 5.10 Å². The van der Waals surface area contributed by atoms with Crippen molar-refractivity contribution < 1.29 is 14.6 Å². The highest BCUT2D eigenvalue weighted by atomic mass is 16.5. The molecule has 2 aromatic rings. The van der Waals surface area contributed by atoms with E-state index in [0.29, 0.717) is 17.1 Å². The summed E-state index contributed by atoms with van der Waals surface area (Å²) in [5.74, 6) is -0.691. The number of carboxylic acids is 1. The highest BCUT2D eigenvalue weighted by molar-refractivity contribution is 5.95. The number of pyridine rings is 1. The molecule has 0 aliphatic heterocycles. The number of methoxy groups -OCH3 is 1. The zero-order chi connectivity index (χ0) is 11.5. The fourth-order valence-electron chi connectivity index (χ4n) is 1.40.